The second kappa shape index (κ2) is 6.78. The highest BCUT2D eigenvalue weighted by molar-refractivity contribution is 6.21. The molecule has 2 heteroatoms. The molecular formula is C28H20N2. The molecule has 0 amide bonds. The molecule has 0 atom stereocenters. The lowest BCUT2D eigenvalue weighted by atomic mass is 10.0. The lowest BCUT2D eigenvalue weighted by Gasteiger charge is -2.09. The maximum absolute atomic E-state index is 3.55. The van der Waals surface area contributed by atoms with Crippen LogP contribution in [0.4, 0.5) is 11.4 Å². The lowest BCUT2D eigenvalue weighted by molar-refractivity contribution is 1.18. The van der Waals surface area contributed by atoms with Crippen LogP contribution in [0.25, 0.3) is 38.3 Å². The van der Waals surface area contributed by atoms with Crippen LogP contribution in [0.1, 0.15) is 0 Å². The largest absolute Gasteiger partial charge is 0.356 e. The third-order valence-corrected chi connectivity index (χ3v) is 5.73. The Morgan fingerprint density at radius 3 is 2.03 bits per heavy atom. The Hall–Kier alpha value is -4.04. The third-order valence-electron chi connectivity index (χ3n) is 5.73. The Morgan fingerprint density at radius 1 is 0.500 bits per heavy atom. The molecule has 6 aromatic rings. The van der Waals surface area contributed by atoms with Gasteiger partial charge in [0, 0.05) is 27.8 Å². The standard InChI is InChI=1S/C28H20N2/c1-3-10-21(11-4-1)29-22-16-18-26-25(19-22)28-24-14-8-7-9-20(24)15-17-27(28)30(26)23-12-5-2-6-13-23/h1-19,29H. The number of aromatic nitrogens is 1. The predicted molar refractivity (Wildman–Crippen MR) is 128 cm³/mol. The van der Waals surface area contributed by atoms with Crippen molar-refractivity contribution in [2.75, 3.05) is 5.32 Å². The van der Waals surface area contributed by atoms with Gasteiger partial charge in [-0.25, -0.2) is 0 Å². The Kier molecular flexibility index (Phi) is 3.82. The van der Waals surface area contributed by atoms with Crippen LogP contribution < -0.4 is 5.32 Å². The van der Waals surface area contributed by atoms with Crippen LogP contribution in [0.15, 0.2) is 115 Å². The predicted octanol–water partition coefficient (Wildman–Crippen LogP) is 7.68. The molecule has 0 saturated carbocycles. The summed E-state index contributed by atoms with van der Waals surface area (Å²) in [5.41, 5.74) is 5.80. The molecule has 0 aliphatic heterocycles. The van der Waals surface area contributed by atoms with E-state index in [1.165, 1.54) is 38.3 Å². The molecule has 1 N–H and O–H groups in total. The quantitative estimate of drug-likeness (QED) is 0.331. The second-order valence-corrected chi connectivity index (χ2v) is 7.57. The maximum atomic E-state index is 3.55. The summed E-state index contributed by atoms with van der Waals surface area (Å²) in [4.78, 5) is 0. The zero-order valence-corrected chi connectivity index (χ0v) is 16.4. The van der Waals surface area contributed by atoms with Crippen molar-refractivity contribution in [1.29, 1.82) is 0 Å². The molecule has 6 rings (SSSR count). The molecule has 0 spiro atoms. The van der Waals surface area contributed by atoms with Crippen molar-refractivity contribution in [1.82, 2.24) is 4.57 Å². The van der Waals surface area contributed by atoms with E-state index in [4.69, 9.17) is 0 Å². The zero-order chi connectivity index (χ0) is 19.9. The highest BCUT2D eigenvalue weighted by Gasteiger charge is 2.15. The fourth-order valence-electron chi connectivity index (χ4n) is 4.41. The molecular weight excluding hydrogens is 364 g/mol. The number of para-hydroxylation sites is 2. The Labute approximate surface area is 175 Å². The molecule has 2 nitrogen and oxygen atoms in total. The van der Waals surface area contributed by atoms with Gasteiger partial charge in [0.25, 0.3) is 0 Å². The van der Waals surface area contributed by atoms with Crippen LogP contribution in [0.5, 0.6) is 0 Å². The lowest BCUT2D eigenvalue weighted by Crippen LogP contribution is -1.93. The van der Waals surface area contributed by atoms with E-state index in [-0.39, 0.29) is 0 Å². The normalized spacial score (nSPS) is 11.3. The van der Waals surface area contributed by atoms with Gasteiger partial charge in [0.1, 0.15) is 0 Å². The summed E-state index contributed by atoms with van der Waals surface area (Å²) in [5.74, 6) is 0. The first kappa shape index (κ1) is 16.9. The summed E-state index contributed by atoms with van der Waals surface area (Å²) in [5, 5.41) is 8.65. The van der Waals surface area contributed by atoms with Gasteiger partial charge in [0.2, 0.25) is 0 Å². The van der Waals surface area contributed by atoms with E-state index in [0.717, 1.165) is 11.4 Å². The van der Waals surface area contributed by atoms with Crippen LogP contribution in [-0.4, -0.2) is 4.57 Å². The van der Waals surface area contributed by atoms with E-state index >= 15 is 0 Å². The van der Waals surface area contributed by atoms with Gasteiger partial charge in [-0.3, -0.25) is 0 Å². The summed E-state index contributed by atoms with van der Waals surface area (Å²) in [7, 11) is 0. The van der Waals surface area contributed by atoms with Crippen LogP contribution in [0.3, 0.4) is 0 Å². The van der Waals surface area contributed by atoms with Crippen molar-refractivity contribution in [3.05, 3.63) is 115 Å². The minimum absolute atomic E-state index is 1.09. The first-order valence-electron chi connectivity index (χ1n) is 10.2. The van der Waals surface area contributed by atoms with Gasteiger partial charge < -0.3 is 9.88 Å². The monoisotopic (exact) mass is 384 g/mol. The van der Waals surface area contributed by atoms with Gasteiger partial charge in [0.05, 0.1) is 11.0 Å². The average molecular weight is 384 g/mol. The first-order valence-corrected chi connectivity index (χ1v) is 10.2. The molecule has 5 aromatic carbocycles. The molecule has 30 heavy (non-hydrogen) atoms. The fourth-order valence-corrected chi connectivity index (χ4v) is 4.41. The summed E-state index contributed by atoms with van der Waals surface area (Å²) in [6, 6.07) is 40.7. The van der Waals surface area contributed by atoms with Crippen molar-refractivity contribution >= 4 is 44.0 Å². The van der Waals surface area contributed by atoms with E-state index < -0.39 is 0 Å². The maximum Gasteiger partial charge on any atom is 0.0547 e. The number of hydrogen-bond donors (Lipinski definition) is 1. The van der Waals surface area contributed by atoms with Crippen molar-refractivity contribution in [2.24, 2.45) is 0 Å². The topological polar surface area (TPSA) is 17.0 Å². The molecule has 0 fully saturated rings. The summed E-state index contributed by atoms with van der Waals surface area (Å²) in [6.07, 6.45) is 0. The molecule has 1 heterocycles. The van der Waals surface area contributed by atoms with Crippen molar-refractivity contribution in [3.63, 3.8) is 0 Å². The molecule has 1 aromatic heterocycles. The summed E-state index contributed by atoms with van der Waals surface area (Å²) in [6.45, 7) is 0. The number of nitrogens with zero attached hydrogens (tertiary/aromatic N) is 1. The van der Waals surface area contributed by atoms with Gasteiger partial charge in [-0.2, -0.15) is 0 Å². The molecule has 0 saturated heterocycles. The number of anilines is 2. The molecule has 0 aliphatic rings. The van der Waals surface area contributed by atoms with Crippen LogP contribution >= 0.6 is 0 Å². The van der Waals surface area contributed by atoms with E-state index in [1.54, 1.807) is 0 Å². The van der Waals surface area contributed by atoms with Crippen molar-refractivity contribution in [3.8, 4) is 5.69 Å². The highest BCUT2D eigenvalue weighted by atomic mass is 15.0. The van der Waals surface area contributed by atoms with Crippen molar-refractivity contribution < 1.29 is 0 Å². The molecule has 0 aliphatic carbocycles. The van der Waals surface area contributed by atoms with E-state index in [9.17, 15) is 0 Å². The number of rotatable bonds is 3. The van der Waals surface area contributed by atoms with Gasteiger partial charge in [0.15, 0.2) is 0 Å². The minimum atomic E-state index is 1.09. The molecule has 0 radical (unpaired) electrons. The average Bonchev–Trinajstić information content (AvgIpc) is 3.14. The third kappa shape index (κ3) is 2.66. The van der Waals surface area contributed by atoms with E-state index in [1.807, 2.05) is 6.07 Å². The molecule has 142 valence electrons. The fraction of sp³-hybridized carbons (Fsp3) is 0. The Morgan fingerprint density at radius 2 is 1.20 bits per heavy atom. The minimum Gasteiger partial charge on any atom is -0.356 e. The van der Waals surface area contributed by atoms with Gasteiger partial charge in [-0.05, 0) is 59.3 Å². The zero-order valence-electron chi connectivity index (χ0n) is 16.4. The van der Waals surface area contributed by atoms with Crippen molar-refractivity contribution in [2.45, 2.75) is 0 Å². The smallest absolute Gasteiger partial charge is 0.0547 e. The van der Waals surface area contributed by atoms with Crippen LogP contribution in [0.2, 0.25) is 0 Å². The van der Waals surface area contributed by atoms with Gasteiger partial charge in [-0.1, -0.05) is 66.7 Å². The molecule has 0 bridgehead atoms. The first-order chi connectivity index (χ1) is 14.9. The summed E-state index contributed by atoms with van der Waals surface area (Å²) >= 11 is 0. The highest BCUT2D eigenvalue weighted by Crippen LogP contribution is 2.38. The number of hydrogen-bond acceptors (Lipinski definition) is 1. The molecule has 0 unspecified atom stereocenters. The van der Waals surface area contributed by atoms with Crippen LogP contribution in [-0.2, 0) is 0 Å². The number of fused-ring (bicyclic) bond motifs is 5. The summed E-state index contributed by atoms with van der Waals surface area (Å²) < 4.78 is 2.36. The Balaban J connectivity index is 1.68. The van der Waals surface area contributed by atoms with E-state index in [0.29, 0.717) is 0 Å². The van der Waals surface area contributed by atoms with Gasteiger partial charge >= 0.3 is 0 Å². The Bertz CT molecular complexity index is 1500. The second-order valence-electron chi connectivity index (χ2n) is 7.57. The van der Waals surface area contributed by atoms with E-state index in [2.05, 4.69) is 119 Å². The van der Waals surface area contributed by atoms with Crippen LogP contribution in [0, 0.1) is 0 Å². The number of benzene rings is 5. The number of nitrogens with one attached hydrogen (secondary N) is 1. The van der Waals surface area contributed by atoms with Gasteiger partial charge in [-0.15, -0.1) is 0 Å². The SMILES string of the molecule is c1ccc(Nc2ccc3c(c2)c2c4ccccc4ccc2n3-c2ccccc2)cc1.